The zero-order chi connectivity index (χ0) is 20.2. The lowest BCUT2D eigenvalue weighted by atomic mass is 10.1. The van der Waals surface area contributed by atoms with Gasteiger partial charge in [0.1, 0.15) is 5.82 Å². The van der Waals surface area contributed by atoms with E-state index >= 15 is 0 Å². The fraction of sp³-hybridized carbons (Fsp3) is 0.364. The molecule has 7 heteroatoms. The topological polar surface area (TPSA) is 64.7 Å². The molecule has 2 N–H and O–H groups in total. The molecule has 1 unspecified atom stereocenters. The van der Waals surface area contributed by atoms with Crippen molar-refractivity contribution in [2.24, 2.45) is 0 Å². The van der Waals surface area contributed by atoms with Gasteiger partial charge in [-0.05, 0) is 48.9 Å². The number of hydrogen-bond donors (Lipinski definition) is 2. The molecule has 0 saturated carbocycles. The lowest BCUT2D eigenvalue weighted by molar-refractivity contribution is 0.0773. The zero-order valence-electron chi connectivity index (χ0n) is 16.2. The quantitative estimate of drug-likeness (QED) is 0.832. The minimum absolute atomic E-state index is 0.0134. The minimum atomic E-state index is -0.390. The van der Waals surface area contributed by atoms with Crippen LogP contribution in [0.1, 0.15) is 27.1 Å². The molecule has 2 fully saturated rings. The van der Waals surface area contributed by atoms with Crippen molar-refractivity contribution in [1.29, 1.82) is 0 Å². The van der Waals surface area contributed by atoms with Gasteiger partial charge in [0, 0.05) is 62.1 Å². The summed E-state index contributed by atoms with van der Waals surface area (Å²) in [6.07, 6.45) is 0.993. The van der Waals surface area contributed by atoms with Crippen molar-refractivity contribution in [3.05, 3.63) is 65.5 Å². The van der Waals surface area contributed by atoms with Crippen molar-refractivity contribution < 1.29 is 14.0 Å². The van der Waals surface area contributed by atoms with E-state index in [1.807, 2.05) is 4.90 Å². The van der Waals surface area contributed by atoms with Crippen molar-refractivity contribution in [3.8, 4) is 0 Å². The summed E-state index contributed by atoms with van der Waals surface area (Å²) >= 11 is 0. The third-order valence-corrected chi connectivity index (χ3v) is 5.59. The summed E-state index contributed by atoms with van der Waals surface area (Å²) in [5.74, 6) is -0.742. The SMILES string of the molecule is O=C(Nc1cccc(C(=O)N2CCC(N3CCNCC3)C2)c1)c1ccc(F)cc1. The number of likely N-dealkylation sites (tertiary alicyclic amines) is 1. The number of anilines is 1. The summed E-state index contributed by atoms with van der Waals surface area (Å²) in [6, 6.07) is 12.7. The number of nitrogens with one attached hydrogen (secondary N) is 2. The number of benzene rings is 2. The van der Waals surface area contributed by atoms with Crippen LogP contribution in [0, 0.1) is 5.82 Å². The summed E-state index contributed by atoms with van der Waals surface area (Å²) in [5, 5.41) is 6.14. The highest BCUT2D eigenvalue weighted by Gasteiger charge is 2.31. The number of rotatable bonds is 4. The number of halogens is 1. The van der Waals surface area contributed by atoms with E-state index in [4.69, 9.17) is 0 Å². The second-order valence-electron chi connectivity index (χ2n) is 7.52. The Morgan fingerprint density at radius 1 is 1.00 bits per heavy atom. The first-order chi connectivity index (χ1) is 14.1. The van der Waals surface area contributed by atoms with Crippen LogP contribution >= 0.6 is 0 Å². The van der Waals surface area contributed by atoms with Crippen LogP contribution in [-0.4, -0.2) is 66.9 Å². The van der Waals surface area contributed by atoms with Gasteiger partial charge in [-0.1, -0.05) is 6.07 Å². The van der Waals surface area contributed by atoms with Crippen LogP contribution < -0.4 is 10.6 Å². The van der Waals surface area contributed by atoms with Crippen molar-refractivity contribution in [1.82, 2.24) is 15.1 Å². The second kappa shape index (κ2) is 8.71. The van der Waals surface area contributed by atoms with Crippen molar-refractivity contribution in [2.45, 2.75) is 12.5 Å². The molecular weight excluding hydrogens is 371 g/mol. The zero-order valence-corrected chi connectivity index (χ0v) is 16.2. The molecule has 152 valence electrons. The first kappa shape index (κ1) is 19.5. The maximum atomic E-state index is 13.0. The van der Waals surface area contributed by atoms with Crippen LogP contribution in [0.2, 0.25) is 0 Å². The summed E-state index contributed by atoms with van der Waals surface area (Å²) < 4.78 is 13.0. The highest BCUT2D eigenvalue weighted by molar-refractivity contribution is 6.05. The Morgan fingerprint density at radius 2 is 1.76 bits per heavy atom. The molecular formula is C22H25FN4O2. The molecule has 2 aromatic rings. The van der Waals surface area contributed by atoms with Crippen molar-refractivity contribution >= 4 is 17.5 Å². The van der Waals surface area contributed by atoms with E-state index in [9.17, 15) is 14.0 Å². The molecule has 2 aliphatic heterocycles. The van der Waals surface area contributed by atoms with E-state index in [-0.39, 0.29) is 17.6 Å². The standard InChI is InChI=1S/C22H25FN4O2/c23-18-6-4-16(5-7-18)21(28)25-19-3-1-2-17(14-19)22(29)27-11-8-20(15-27)26-12-9-24-10-13-26/h1-7,14,20,24H,8-13,15H2,(H,25,28). The Hall–Kier alpha value is -2.77. The Morgan fingerprint density at radius 3 is 2.52 bits per heavy atom. The van der Waals surface area contributed by atoms with Gasteiger partial charge in [0.25, 0.3) is 11.8 Å². The van der Waals surface area contributed by atoms with E-state index in [1.54, 1.807) is 24.3 Å². The van der Waals surface area contributed by atoms with Gasteiger partial charge in [-0.3, -0.25) is 14.5 Å². The lowest BCUT2D eigenvalue weighted by Gasteiger charge is -2.32. The highest BCUT2D eigenvalue weighted by Crippen LogP contribution is 2.20. The Labute approximate surface area is 169 Å². The minimum Gasteiger partial charge on any atom is -0.337 e. The normalized spacial score (nSPS) is 19.9. The van der Waals surface area contributed by atoms with Crippen LogP contribution in [0.4, 0.5) is 10.1 Å². The molecule has 6 nitrogen and oxygen atoms in total. The van der Waals surface area contributed by atoms with Gasteiger partial charge < -0.3 is 15.5 Å². The number of piperazine rings is 1. The van der Waals surface area contributed by atoms with Gasteiger partial charge in [0.15, 0.2) is 0 Å². The second-order valence-corrected chi connectivity index (χ2v) is 7.52. The largest absolute Gasteiger partial charge is 0.337 e. The van der Waals surface area contributed by atoms with E-state index in [0.717, 1.165) is 45.7 Å². The lowest BCUT2D eigenvalue weighted by Crippen LogP contribution is -2.49. The Balaban J connectivity index is 1.39. The van der Waals surface area contributed by atoms with E-state index in [0.29, 0.717) is 22.9 Å². The smallest absolute Gasteiger partial charge is 0.255 e. The Bertz CT molecular complexity index is 881. The number of nitrogens with zero attached hydrogens (tertiary/aromatic N) is 2. The maximum Gasteiger partial charge on any atom is 0.255 e. The number of carbonyl (C=O) groups is 2. The third kappa shape index (κ3) is 4.63. The molecule has 2 aromatic carbocycles. The van der Waals surface area contributed by atoms with E-state index in [1.165, 1.54) is 24.3 Å². The number of hydrogen-bond acceptors (Lipinski definition) is 4. The van der Waals surface area contributed by atoms with Gasteiger partial charge in [0.2, 0.25) is 0 Å². The van der Waals surface area contributed by atoms with E-state index in [2.05, 4.69) is 15.5 Å². The summed E-state index contributed by atoms with van der Waals surface area (Å²) in [7, 11) is 0. The predicted molar refractivity (Wildman–Crippen MR) is 110 cm³/mol. The van der Waals surface area contributed by atoms with Crippen LogP contribution in [0.25, 0.3) is 0 Å². The molecule has 0 aliphatic carbocycles. The van der Waals surface area contributed by atoms with Crippen molar-refractivity contribution in [3.63, 3.8) is 0 Å². The number of carbonyl (C=O) groups excluding carboxylic acids is 2. The number of amides is 2. The van der Waals surface area contributed by atoms with Gasteiger partial charge >= 0.3 is 0 Å². The molecule has 0 radical (unpaired) electrons. The van der Waals surface area contributed by atoms with E-state index < -0.39 is 0 Å². The molecule has 0 spiro atoms. The average molecular weight is 396 g/mol. The van der Waals surface area contributed by atoms with Crippen LogP contribution in [0.3, 0.4) is 0 Å². The summed E-state index contributed by atoms with van der Waals surface area (Å²) in [4.78, 5) is 29.7. The maximum absolute atomic E-state index is 13.0. The summed E-state index contributed by atoms with van der Waals surface area (Å²) in [6.45, 7) is 5.54. The van der Waals surface area contributed by atoms with Crippen LogP contribution in [0.5, 0.6) is 0 Å². The predicted octanol–water partition coefficient (Wildman–Crippen LogP) is 2.20. The fourth-order valence-corrected chi connectivity index (χ4v) is 3.99. The van der Waals surface area contributed by atoms with Crippen LogP contribution in [0.15, 0.2) is 48.5 Å². The molecule has 2 amide bonds. The molecule has 2 saturated heterocycles. The van der Waals surface area contributed by atoms with Gasteiger partial charge in [-0.25, -0.2) is 4.39 Å². The first-order valence-corrected chi connectivity index (χ1v) is 10.0. The highest BCUT2D eigenvalue weighted by atomic mass is 19.1. The van der Waals surface area contributed by atoms with Gasteiger partial charge in [0.05, 0.1) is 0 Å². The third-order valence-electron chi connectivity index (χ3n) is 5.59. The average Bonchev–Trinajstić information content (AvgIpc) is 3.25. The molecule has 29 heavy (non-hydrogen) atoms. The first-order valence-electron chi connectivity index (χ1n) is 10.0. The fourth-order valence-electron chi connectivity index (χ4n) is 3.99. The van der Waals surface area contributed by atoms with Crippen LogP contribution in [-0.2, 0) is 0 Å². The van der Waals surface area contributed by atoms with Crippen molar-refractivity contribution in [2.75, 3.05) is 44.6 Å². The summed E-state index contributed by atoms with van der Waals surface area (Å²) in [5.41, 5.74) is 1.47. The van der Waals surface area contributed by atoms with Gasteiger partial charge in [-0.2, -0.15) is 0 Å². The molecule has 2 heterocycles. The Kier molecular flexibility index (Phi) is 5.87. The molecule has 0 aromatic heterocycles. The monoisotopic (exact) mass is 396 g/mol. The van der Waals surface area contributed by atoms with Gasteiger partial charge in [-0.15, -0.1) is 0 Å². The molecule has 2 aliphatic rings. The molecule has 1 atom stereocenters. The molecule has 4 rings (SSSR count). The molecule has 0 bridgehead atoms.